The van der Waals surface area contributed by atoms with E-state index in [-0.39, 0.29) is 18.1 Å². The minimum atomic E-state index is -1.21. The fraction of sp³-hybridized carbons (Fsp3) is 0.308. The number of fused-ring (bicyclic) bond motifs is 1. The number of benzene rings is 2. The summed E-state index contributed by atoms with van der Waals surface area (Å²) in [5.41, 5.74) is 5.54. The lowest BCUT2D eigenvalue weighted by Crippen LogP contribution is -2.23. The van der Waals surface area contributed by atoms with Gasteiger partial charge in [0.1, 0.15) is 16.8 Å². The van der Waals surface area contributed by atoms with Gasteiger partial charge in [0.25, 0.3) is 0 Å². The molecule has 1 aliphatic carbocycles. The van der Waals surface area contributed by atoms with E-state index in [1.807, 2.05) is 55.6 Å². The summed E-state index contributed by atoms with van der Waals surface area (Å²) in [6, 6.07) is 13.5. The van der Waals surface area contributed by atoms with E-state index in [4.69, 9.17) is 9.47 Å². The van der Waals surface area contributed by atoms with Gasteiger partial charge in [0.05, 0.1) is 16.0 Å². The summed E-state index contributed by atoms with van der Waals surface area (Å²) in [4.78, 5) is 18.8. The van der Waals surface area contributed by atoms with Gasteiger partial charge in [-0.25, -0.2) is 8.93 Å². The molecule has 8 heteroatoms. The Bertz CT molecular complexity index is 1270. The second-order valence-corrected chi connectivity index (χ2v) is 10.0. The number of hydrogen-bond acceptors (Lipinski definition) is 5. The third-order valence-electron chi connectivity index (χ3n) is 6.85. The minimum Gasteiger partial charge on any atom is -0.454 e. The van der Waals surface area contributed by atoms with Crippen LogP contribution >= 0.6 is 0 Å². The molecule has 3 aromatic rings. The predicted octanol–water partition coefficient (Wildman–Crippen LogP) is 3.35. The summed E-state index contributed by atoms with van der Waals surface area (Å²) in [5.74, 6) is 1.64. The number of nitrogens with zero attached hydrogens (tertiary/aromatic N) is 1. The van der Waals surface area contributed by atoms with Crippen LogP contribution in [0.15, 0.2) is 53.6 Å². The molecule has 0 radical (unpaired) electrons. The van der Waals surface area contributed by atoms with Crippen molar-refractivity contribution < 1.29 is 24.0 Å². The van der Waals surface area contributed by atoms with E-state index >= 15 is 0 Å². The number of hydrogen-bond donors (Lipinski definition) is 1. The minimum absolute atomic E-state index is 0. The molecule has 1 aliphatic heterocycles. The van der Waals surface area contributed by atoms with Crippen molar-refractivity contribution in [3.05, 3.63) is 71.0 Å². The standard InChI is InChI=1S/C26H26N2O4S.H2O/c1-16-17(2)22(28-14-21(16)18-4-7-20(8-5-18)33(30)27-3)13-25(29)26(10-11-26)19-6-9-23-24(12-19)32-15-31-23;/h4-9,12,14,27H,10-11,13,15H2,1-3H3;1H2. The molecule has 0 saturated heterocycles. The fourth-order valence-corrected chi connectivity index (χ4v) is 5.09. The van der Waals surface area contributed by atoms with Crippen LogP contribution in [0.2, 0.25) is 0 Å². The molecule has 7 nitrogen and oxygen atoms in total. The van der Waals surface area contributed by atoms with E-state index in [0.29, 0.717) is 12.2 Å². The first-order valence-corrected chi connectivity index (χ1v) is 12.2. The number of carbonyl (C=O) groups is 1. The van der Waals surface area contributed by atoms with Crippen molar-refractivity contribution in [3.8, 4) is 22.6 Å². The second kappa shape index (κ2) is 9.29. The fourth-order valence-electron chi connectivity index (χ4n) is 4.47. The molecule has 0 amide bonds. The van der Waals surface area contributed by atoms with Gasteiger partial charge in [0, 0.05) is 18.2 Å². The number of pyridine rings is 1. The van der Waals surface area contributed by atoms with E-state index in [1.165, 1.54) is 0 Å². The number of aromatic nitrogens is 1. The lowest BCUT2D eigenvalue weighted by molar-refractivity contribution is -0.120. The zero-order valence-corrected chi connectivity index (χ0v) is 20.3. The van der Waals surface area contributed by atoms with Gasteiger partial charge in [-0.2, -0.15) is 0 Å². The molecule has 178 valence electrons. The van der Waals surface area contributed by atoms with E-state index in [9.17, 15) is 9.00 Å². The number of carbonyl (C=O) groups excluding carboxylic acids is 1. The van der Waals surface area contributed by atoms with Crippen LogP contribution in [-0.2, 0) is 27.6 Å². The SMILES string of the molecule is CNS(=O)c1ccc(-c2cnc(CC(=O)C3(c4ccc5c(c4)OCO5)CC3)c(C)c2C)cc1.O. The molecule has 5 rings (SSSR count). The van der Waals surface area contributed by atoms with Gasteiger partial charge >= 0.3 is 0 Å². The normalized spacial score (nSPS) is 16.0. The molecular formula is C26H28N2O5S. The Labute approximate surface area is 201 Å². The van der Waals surface area contributed by atoms with Gasteiger partial charge in [-0.05, 0) is 80.3 Å². The van der Waals surface area contributed by atoms with Crippen LogP contribution in [0.4, 0.5) is 0 Å². The number of Topliss-reactive ketones (excluding diaryl/α,β-unsaturated/α-hetero) is 1. The second-order valence-electron chi connectivity index (χ2n) is 8.62. The van der Waals surface area contributed by atoms with Crippen LogP contribution in [0.25, 0.3) is 11.1 Å². The first-order chi connectivity index (χ1) is 15.9. The van der Waals surface area contributed by atoms with E-state index in [2.05, 4.69) is 16.6 Å². The van der Waals surface area contributed by atoms with Crippen molar-refractivity contribution in [1.29, 1.82) is 0 Å². The van der Waals surface area contributed by atoms with Crippen LogP contribution in [0.3, 0.4) is 0 Å². The molecule has 1 unspecified atom stereocenters. The van der Waals surface area contributed by atoms with Crippen LogP contribution in [-0.4, -0.2) is 34.3 Å². The summed E-state index contributed by atoms with van der Waals surface area (Å²) in [6.45, 7) is 4.31. The maximum atomic E-state index is 13.4. The van der Waals surface area contributed by atoms with E-state index in [0.717, 1.165) is 57.0 Å². The molecule has 1 fully saturated rings. The molecule has 34 heavy (non-hydrogen) atoms. The Morgan fingerprint density at radius 2 is 1.76 bits per heavy atom. The first-order valence-electron chi connectivity index (χ1n) is 11.0. The molecule has 2 aromatic carbocycles. The Morgan fingerprint density at radius 1 is 1.06 bits per heavy atom. The number of rotatable bonds is 7. The number of nitrogens with one attached hydrogen (secondary N) is 1. The molecule has 1 saturated carbocycles. The van der Waals surface area contributed by atoms with Crippen LogP contribution in [0, 0.1) is 13.8 Å². The smallest absolute Gasteiger partial charge is 0.231 e. The summed E-state index contributed by atoms with van der Waals surface area (Å²) in [5, 5.41) is 0. The van der Waals surface area contributed by atoms with Gasteiger partial charge in [-0.3, -0.25) is 9.78 Å². The van der Waals surface area contributed by atoms with Crippen molar-refractivity contribution in [3.63, 3.8) is 0 Å². The van der Waals surface area contributed by atoms with Crippen molar-refractivity contribution in [2.75, 3.05) is 13.8 Å². The maximum Gasteiger partial charge on any atom is 0.231 e. The molecule has 3 N–H and O–H groups in total. The lowest BCUT2D eigenvalue weighted by atomic mass is 9.87. The van der Waals surface area contributed by atoms with Gasteiger partial charge in [-0.1, -0.05) is 18.2 Å². The van der Waals surface area contributed by atoms with Crippen LogP contribution in [0.1, 0.15) is 35.2 Å². The molecule has 0 bridgehead atoms. The monoisotopic (exact) mass is 480 g/mol. The number of ether oxygens (including phenoxy) is 2. The highest BCUT2D eigenvalue weighted by Crippen LogP contribution is 2.51. The Morgan fingerprint density at radius 3 is 2.44 bits per heavy atom. The van der Waals surface area contributed by atoms with Gasteiger partial charge in [-0.15, -0.1) is 0 Å². The topological polar surface area (TPSA) is 109 Å². The van der Waals surface area contributed by atoms with Gasteiger partial charge in [0.2, 0.25) is 6.79 Å². The lowest BCUT2D eigenvalue weighted by Gasteiger charge is -2.17. The third-order valence-corrected chi connectivity index (χ3v) is 7.92. The number of ketones is 1. The zero-order valence-electron chi connectivity index (χ0n) is 19.4. The third kappa shape index (κ3) is 4.13. The zero-order chi connectivity index (χ0) is 23.2. The van der Waals surface area contributed by atoms with Crippen LogP contribution in [0.5, 0.6) is 11.5 Å². The van der Waals surface area contributed by atoms with E-state index < -0.39 is 16.4 Å². The molecular weight excluding hydrogens is 452 g/mol. The summed E-state index contributed by atoms with van der Waals surface area (Å²) in [6.07, 6.45) is 3.85. The predicted molar refractivity (Wildman–Crippen MR) is 130 cm³/mol. The molecule has 0 spiro atoms. The van der Waals surface area contributed by atoms with Crippen molar-refractivity contribution in [2.45, 2.75) is 43.4 Å². The molecule has 1 atom stereocenters. The highest BCUT2D eigenvalue weighted by molar-refractivity contribution is 7.83. The average Bonchev–Trinajstić information content (AvgIpc) is 3.52. The highest BCUT2D eigenvalue weighted by Gasteiger charge is 2.51. The Kier molecular flexibility index (Phi) is 6.58. The van der Waals surface area contributed by atoms with Crippen molar-refractivity contribution in [2.24, 2.45) is 0 Å². The summed E-state index contributed by atoms with van der Waals surface area (Å²) in [7, 11) is 0.455. The Balaban J connectivity index is 0.00000274. The molecule has 2 aliphatic rings. The average molecular weight is 481 g/mol. The largest absolute Gasteiger partial charge is 0.454 e. The van der Waals surface area contributed by atoms with Gasteiger partial charge < -0.3 is 14.9 Å². The first kappa shape index (κ1) is 24.1. The van der Waals surface area contributed by atoms with E-state index in [1.54, 1.807) is 7.05 Å². The van der Waals surface area contributed by atoms with Crippen LogP contribution < -0.4 is 14.2 Å². The molecule has 1 aromatic heterocycles. The Hall–Kier alpha value is -3.07. The van der Waals surface area contributed by atoms with Crippen molar-refractivity contribution in [1.82, 2.24) is 9.71 Å². The van der Waals surface area contributed by atoms with Crippen molar-refractivity contribution >= 4 is 16.8 Å². The quantitative estimate of drug-likeness (QED) is 0.558. The highest BCUT2D eigenvalue weighted by atomic mass is 32.2. The molecule has 2 heterocycles. The summed E-state index contributed by atoms with van der Waals surface area (Å²) < 4.78 is 25.6. The maximum absolute atomic E-state index is 13.4. The van der Waals surface area contributed by atoms with Gasteiger partial charge in [0.15, 0.2) is 11.5 Å². The summed E-state index contributed by atoms with van der Waals surface area (Å²) >= 11 is 0.